The first-order valence-corrected chi connectivity index (χ1v) is 22.3. The summed E-state index contributed by atoms with van der Waals surface area (Å²) in [5.74, 6) is -2.83. The lowest BCUT2D eigenvalue weighted by molar-refractivity contribution is -0.127. The van der Waals surface area contributed by atoms with Crippen LogP contribution in [0.1, 0.15) is 51.3 Å². The number of hydrogen-bond donors (Lipinski definition) is 4. The van der Waals surface area contributed by atoms with Gasteiger partial charge in [0.1, 0.15) is 22.9 Å². The summed E-state index contributed by atoms with van der Waals surface area (Å²) in [5, 5.41) is 27.1. The van der Waals surface area contributed by atoms with Crippen LogP contribution in [0.2, 0.25) is 10.0 Å². The molecule has 0 spiro atoms. The van der Waals surface area contributed by atoms with Gasteiger partial charge in [-0.2, -0.15) is 20.5 Å². The highest BCUT2D eigenvalue weighted by molar-refractivity contribution is 6.33. The van der Waals surface area contributed by atoms with Crippen molar-refractivity contribution in [1.29, 1.82) is 0 Å². The fourth-order valence-electron chi connectivity index (χ4n) is 6.26. The number of amides is 4. The third kappa shape index (κ3) is 13.4. The monoisotopic (exact) mass is 1010 g/mol. The van der Waals surface area contributed by atoms with Crippen LogP contribution < -0.4 is 30.7 Å². The van der Waals surface area contributed by atoms with E-state index in [0.717, 1.165) is 13.8 Å². The molecule has 348 valence electrons. The maximum absolute atomic E-state index is 13.5. The van der Waals surface area contributed by atoms with Crippen molar-refractivity contribution in [3.8, 4) is 11.5 Å². The van der Waals surface area contributed by atoms with Crippen molar-refractivity contribution in [2.24, 2.45) is 20.5 Å². The Labute approximate surface area is 409 Å². The number of nitrogens with one attached hydrogen (secondary N) is 4. The zero-order valence-electron chi connectivity index (χ0n) is 36.1. The molecule has 5 aromatic carbocycles. The number of Topliss-reactive ketones (excluding diaryl/α,β-unsaturated/α-hetero) is 2. The van der Waals surface area contributed by atoms with Gasteiger partial charge in [-0.25, -0.2) is 0 Å². The average molecular weight is 1010 g/mol. The predicted octanol–water partition coefficient (Wildman–Crippen LogP) is 11.1. The third-order valence-electron chi connectivity index (χ3n) is 9.71. The van der Waals surface area contributed by atoms with E-state index in [9.17, 15) is 28.8 Å². The molecule has 0 bridgehead atoms. The molecule has 0 saturated heterocycles. The summed E-state index contributed by atoms with van der Waals surface area (Å²) in [6.45, 7) is 2.31. The first-order valence-electron chi connectivity index (χ1n) is 19.9. The quantitative estimate of drug-likeness (QED) is 0.0333. The summed E-state index contributed by atoms with van der Waals surface area (Å²) >= 11 is 31.0. The molecule has 21 heteroatoms. The van der Waals surface area contributed by atoms with E-state index in [4.69, 9.17) is 67.5 Å². The lowest BCUT2D eigenvalue weighted by Gasteiger charge is -2.16. The zero-order valence-corrected chi connectivity index (χ0v) is 39.9. The first kappa shape index (κ1) is 51.6. The lowest BCUT2D eigenvalue weighted by atomic mass is 10.1. The zero-order chi connectivity index (χ0) is 48.8. The highest BCUT2D eigenvalue weighted by Gasteiger charge is 2.26. The number of ether oxygens (including phenoxy) is 2. The molecule has 0 saturated carbocycles. The van der Waals surface area contributed by atoms with E-state index in [2.05, 4.69) is 41.7 Å². The molecule has 67 heavy (non-hydrogen) atoms. The van der Waals surface area contributed by atoms with Crippen molar-refractivity contribution in [2.45, 2.75) is 44.1 Å². The molecule has 16 nitrogen and oxygen atoms in total. The summed E-state index contributed by atoms with van der Waals surface area (Å²) in [5.41, 5.74) is 3.21. The summed E-state index contributed by atoms with van der Waals surface area (Å²) in [6, 6.07) is 19.7. The van der Waals surface area contributed by atoms with Crippen molar-refractivity contribution in [1.82, 2.24) is 0 Å². The van der Waals surface area contributed by atoms with Crippen molar-refractivity contribution in [3.63, 3.8) is 0 Å². The fourth-order valence-corrected chi connectivity index (χ4v) is 7.33. The van der Waals surface area contributed by atoms with Gasteiger partial charge in [-0.3, -0.25) is 28.8 Å². The van der Waals surface area contributed by atoms with Gasteiger partial charge in [-0.15, -0.1) is 34.8 Å². The molecule has 2 atom stereocenters. The number of azo groups is 2. The molecule has 0 aromatic heterocycles. The molecular weight excluding hydrogens is 970 g/mol. The van der Waals surface area contributed by atoms with E-state index in [1.165, 1.54) is 68.8 Å². The number of rotatable bonds is 20. The van der Waals surface area contributed by atoms with E-state index in [1.807, 2.05) is 0 Å². The lowest BCUT2D eigenvalue weighted by Crippen LogP contribution is -2.32. The minimum absolute atomic E-state index is 0.00826. The fraction of sp³-hybridized carbons (Fsp3) is 0.217. The Bertz CT molecular complexity index is 2770. The van der Waals surface area contributed by atoms with E-state index in [-0.39, 0.29) is 68.0 Å². The van der Waals surface area contributed by atoms with Crippen LogP contribution in [-0.4, -0.2) is 67.4 Å². The second-order valence-corrected chi connectivity index (χ2v) is 16.0. The van der Waals surface area contributed by atoms with Gasteiger partial charge >= 0.3 is 0 Å². The molecule has 4 N–H and O–H groups in total. The van der Waals surface area contributed by atoms with Crippen LogP contribution in [0, 0.1) is 0 Å². The van der Waals surface area contributed by atoms with Gasteiger partial charge in [0.15, 0.2) is 11.6 Å². The van der Waals surface area contributed by atoms with Gasteiger partial charge in [-0.1, -0.05) is 35.3 Å². The van der Waals surface area contributed by atoms with E-state index >= 15 is 0 Å². The van der Waals surface area contributed by atoms with Crippen molar-refractivity contribution < 1.29 is 38.2 Å². The molecule has 4 amide bonds. The molecule has 5 rings (SSSR count). The molecule has 5 aromatic rings. The van der Waals surface area contributed by atoms with Gasteiger partial charge in [0.2, 0.25) is 12.1 Å². The van der Waals surface area contributed by atoms with Crippen molar-refractivity contribution in [2.75, 3.05) is 41.4 Å². The Balaban J connectivity index is 1.29. The third-order valence-corrected chi connectivity index (χ3v) is 11.1. The van der Waals surface area contributed by atoms with Crippen LogP contribution in [0.15, 0.2) is 111 Å². The minimum atomic E-state index is -1.64. The number of benzene rings is 5. The number of halogens is 5. The van der Waals surface area contributed by atoms with E-state index in [1.54, 1.807) is 36.4 Å². The molecule has 0 aliphatic heterocycles. The molecular formula is C46H41Cl5N8O8. The van der Waals surface area contributed by atoms with Crippen LogP contribution in [0.5, 0.6) is 11.5 Å². The van der Waals surface area contributed by atoms with Crippen LogP contribution in [0.25, 0.3) is 0 Å². The molecule has 0 aliphatic rings. The number of alkyl halides is 3. The maximum Gasteiger partial charge on any atom is 0.258 e. The van der Waals surface area contributed by atoms with Crippen molar-refractivity contribution >= 4 is 127 Å². The standard InChI is InChI=1S/C46H41Cl5N8O8/c1-24(60)41(58-56-37-20-27(11-14-32(37)50)43(62)54-35-7-5-9-39(66-3)30(35)22-48)45(64)52-29-13-16-34(26(19-29)17-18-47)53-46(65)42(25(2)61)59-57-38-21-28(12-15-33(38)51)44(63)55-36-8-6-10-40(67-4)31(36)23-49/h5-16,19-21,41-42H,17-18,22-23H2,1-4H3,(H,52,64)(H,53,65)(H,54,62)(H,55,63). The molecule has 0 fully saturated rings. The highest BCUT2D eigenvalue weighted by atomic mass is 35.5. The van der Waals surface area contributed by atoms with Crippen LogP contribution in [0.4, 0.5) is 34.1 Å². The SMILES string of the molecule is COc1cccc(NC(=O)c2ccc(Cl)c(N=NC(C(C)=O)C(=O)Nc3ccc(NC(=O)C(N=Nc4cc(C(=O)Nc5cccc(OC)c5CCl)ccc4Cl)C(C)=O)c(CCCl)c3)c2)c1CCl. The Hall–Kier alpha value is -6.43. The van der Waals surface area contributed by atoms with Crippen LogP contribution in [0.3, 0.4) is 0 Å². The van der Waals surface area contributed by atoms with Gasteiger partial charge in [-0.05, 0) is 105 Å². The van der Waals surface area contributed by atoms with Gasteiger partial charge in [0.05, 0.1) is 36.0 Å². The van der Waals surface area contributed by atoms with E-state index in [0.29, 0.717) is 39.6 Å². The normalized spacial score (nSPS) is 12.0. The number of carbonyl (C=O) groups excluding carboxylic acids is 6. The smallest absolute Gasteiger partial charge is 0.258 e. The number of nitrogens with zero attached hydrogens (tertiary/aromatic N) is 4. The Morgan fingerprint density at radius 3 is 1.45 bits per heavy atom. The number of hydrogen-bond acceptors (Lipinski definition) is 12. The topological polar surface area (TPSA) is 218 Å². The van der Waals surface area contributed by atoms with E-state index < -0.39 is 47.3 Å². The number of methoxy groups -OCH3 is 2. The average Bonchev–Trinajstić information content (AvgIpc) is 3.30. The summed E-state index contributed by atoms with van der Waals surface area (Å²) in [7, 11) is 2.97. The first-order chi connectivity index (χ1) is 32.1. The Kier molecular flexibility index (Phi) is 18.8. The molecule has 0 radical (unpaired) electrons. The van der Waals surface area contributed by atoms with Gasteiger partial charge in [0.25, 0.3) is 23.6 Å². The molecule has 0 heterocycles. The maximum atomic E-state index is 13.5. The van der Waals surface area contributed by atoms with Gasteiger partial charge in [0, 0.05) is 50.9 Å². The Morgan fingerprint density at radius 1 is 0.567 bits per heavy atom. The number of aryl methyl sites for hydroxylation is 1. The Morgan fingerprint density at radius 2 is 1.03 bits per heavy atom. The number of ketones is 2. The van der Waals surface area contributed by atoms with Gasteiger partial charge < -0.3 is 30.7 Å². The number of carbonyl (C=O) groups is 6. The number of anilines is 4. The molecule has 0 aliphatic carbocycles. The second kappa shape index (κ2) is 24.4. The molecule has 2 unspecified atom stereocenters. The predicted molar refractivity (Wildman–Crippen MR) is 260 cm³/mol. The largest absolute Gasteiger partial charge is 0.496 e. The van der Waals surface area contributed by atoms with Crippen LogP contribution in [-0.2, 0) is 37.4 Å². The summed E-state index contributed by atoms with van der Waals surface area (Å²) in [6.07, 6.45) is 0.197. The van der Waals surface area contributed by atoms with Crippen molar-refractivity contribution in [3.05, 3.63) is 129 Å². The second-order valence-electron chi connectivity index (χ2n) is 14.2. The highest BCUT2D eigenvalue weighted by Crippen LogP contribution is 2.33. The van der Waals surface area contributed by atoms with Crippen LogP contribution >= 0.6 is 58.0 Å². The summed E-state index contributed by atoms with van der Waals surface area (Å²) < 4.78 is 10.7. The summed E-state index contributed by atoms with van der Waals surface area (Å²) in [4.78, 5) is 78.8. The minimum Gasteiger partial charge on any atom is -0.496 e.